The summed E-state index contributed by atoms with van der Waals surface area (Å²) in [7, 11) is 1.63. The Balaban J connectivity index is 2.88. The molecule has 90 valence electrons. The van der Waals surface area contributed by atoms with Gasteiger partial charge >= 0.3 is 6.18 Å². The van der Waals surface area contributed by atoms with Crippen molar-refractivity contribution in [1.82, 2.24) is 0 Å². The van der Waals surface area contributed by atoms with E-state index >= 15 is 0 Å². The lowest BCUT2D eigenvalue weighted by atomic mass is 10.3. The van der Waals surface area contributed by atoms with Crippen LogP contribution in [0.1, 0.15) is 0 Å². The minimum absolute atomic E-state index is 0.221. The van der Waals surface area contributed by atoms with Crippen LogP contribution >= 0.6 is 35.0 Å². The van der Waals surface area contributed by atoms with Gasteiger partial charge in [0.2, 0.25) is 0 Å². The minimum atomic E-state index is -4.21. The molecule has 0 saturated heterocycles. The Morgan fingerprint density at radius 1 is 1.25 bits per heavy atom. The van der Waals surface area contributed by atoms with E-state index in [0.29, 0.717) is 27.4 Å². The molecule has 0 aliphatic heterocycles. The van der Waals surface area contributed by atoms with Crippen molar-refractivity contribution in [3.8, 4) is 0 Å². The zero-order valence-corrected chi connectivity index (χ0v) is 10.5. The molecule has 1 N–H and O–H groups in total. The normalized spacial score (nSPS) is 11.6. The van der Waals surface area contributed by atoms with Gasteiger partial charge in [-0.05, 0) is 12.1 Å². The summed E-state index contributed by atoms with van der Waals surface area (Å²) in [5, 5.41) is 3.37. The van der Waals surface area contributed by atoms with Crippen LogP contribution in [0, 0.1) is 0 Å². The third-order valence-corrected chi connectivity index (χ3v) is 3.54. The molecule has 0 aliphatic rings. The largest absolute Gasteiger partial charge is 0.398 e. The number of rotatable bonds is 3. The molecular formula is C9H8Cl2F3NS. The molecule has 0 amide bonds. The molecule has 1 aromatic rings. The zero-order chi connectivity index (χ0) is 12.3. The van der Waals surface area contributed by atoms with Gasteiger partial charge in [0.15, 0.2) is 0 Å². The Bertz CT molecular complexity index is 382. The molecule has 1 rings (SSSR count). The van der Waals surface area contributed by atoms with E-state index in [4.69, 9.17) is 23.2 Å². The quantitative estimate of drug-likeness (QED) is 0.810. The van der Waals surface area contributed by atoms with E-state index in [-0.39, 0.29) is 5.02 Å². The number of anilines is 1. The Kier molecular flexibility index (Phi) is 4.64. The highest BCUT2D eigenvalue weighted by Crippen LogP contribution is 2.37. The summed E-state index contributed by atoms with van der Waals surface area (Å²) in [5.74, 6) is -0.975. The molecule has 0 spiro atoms. The highest BCUT2D eigenvalue weighted by Gasteiger charge is 2.27. The maximum atomic E-state index is 12.0. The smallest absolute Gasteiger partial charge is 0.387 e. The van der Waals surface area contributed by atoms with Gasteiger partial charge in [0.1, 0.15) is 0 Å². The van der Waals surface area contributed by atoms with Gasteiger partial charge in [-0.15, -0.1) is 11.8 Å². The molecule has 0 bridgehead atoms. The highest BCUT2D eigenvalue weighted by atomic mass is 35.5. The van der Waals surface area contributed by atoms with Crippen molar-refractivity contribution in [2.24, 2.45) is 0 Å². The number of nitrogens with one attached hydrogen (secondary N) is 1. The SMILES string of the molecule is CNc1cc(SCC(F)(F)F)c(Cl)cc1Cl. The van der Waals surface area contributed by atoms with Crippen LogP contribution in [0.15, 0.2) is 17.0 Å². The van der Waals surface area contributed by atoms with Crippen molar-refractivity contribution in [3.63, 3.8) is 0 Å². The fraction of sp³-hybridized carbons (Fsp3) is 0.333. The van der Waals surface area contributed by atoms with Gasteiger partial charge in [-0.3, -0.25) is 0 Å². The molecule has 0 fully saturated rings. The van der Waals surface area contributed by atoms with Gasteiger partial charge in [-0.1, -0.05) is 23.2 Å². The number of thioether (sulfide) groups is 1. The monoisotopic (exact) mass is 289 g/mol. The summed E-state index contributed by atoms with van der Waals surface area (Å²) in [6.07, 6.45) is -4.21. The first-order valence-electron chi connectivity index (χ1n) is 4.20. The maximum Gasteiger partial charge on any atom is 0.398 e. The molecule has 0 radical (unpaired) electrons. The van der Waals surface area contributed by atoms with Gasteiger partial charge in [0.25, 0.3) is 0 Å². The van der Waals surface area contributed by atoms with Gasteiger partial charge in [0, 0.05) is 11.9 Å². The van der Waals surface area contributed by atoms with Crippen LogP contribution in [0.25, 0.3) is 0 Å². The van der Waals surface area contributed by atoms with Crippen LogP contribution in [0.4, 0.5) is 18.9 Å². The zero-order valence-electron chi connectivity index (χ0n) is 8.16. The molecule has 0 unspecified atom stereocenters. The van der Waals surface area contributed by atoms with Crippen molar-refractivity contribution in [2.75, 3.05) is 18.1 Å². The van der Waals surface area contributed by atoms with Crippen LogP contribution in [0.2, 0.25) is 10.0 Å². The Morgan fingerprint density at radius 2 is 1.88 bits per heavy atom. The number of hydrogen-bond acceptors (Lipinski definition) is 2. The van der Waals surface area contributed by atoms with Crippen LogP contribution in [-0.4, -0.2) is 19.0 Å². The summed E-state index contributed by atoms with van der Waals surface area (Å²) in [6.45, 7) is 0. The molecule has 0 heterocycles. The fourth-order valence-corrected chi connectivity index (χ4v) is 2.35. The van der Waals surface area contributed by atoms with Crippen LogP contribution in [0.5, 0.6) is 0 Å². The van der Waals surface area contributed by atoms with E-state index in [1.165, 1.54) is 12.1 Å². The number of hydrogen-bond donors (Lipinski definition) is 1. The predicted octanol–water partition coefficient (Wildman–Crippen LogP) is 4.69. The Morgan fingerprint density at radius 3 is 2.38 bits per heavy atom. The average molecular weight is 290 g/mol. The van der Waals surface area contributed by atoms with Crippen molar-refractivity contribution >= 4 is 40.7 Å². The van der Waals surface area contributed by atoms with Gasteiger partial charge in [0.05, 0.1) is 21.5 Å². The third kappa shape index (κ3) is 3.96. The lowest BCUT2D eigenvalue weighted by Gasteiger charge is -2.10. The topological polar surface area (TPSA) is 12.0 Å². The van der Waals surface area contributed by atoms with E-state index in [0.717, 1.165) is 0 Å². The third-order valence-electron chi connectivity index (χ3n) is 1.68. The summed E-state index contributed by atoms with van der Waals surface area (Å²) in [6, 6.07) is 2.93. The second-order valence-corrected chi connectivity index (χ2v) is 4.75. The van der Waals surface area contributed by atoms with Crippen molar-refractivity contribution in [2.45, 2.75) is 11.1 Å². The lowest BCUT2D eigenvalue weighted by molar-refractivity contribution is -0.105. The van der Waals surface area contributed by atoms with Gasteiger partial charge < -0.3 is 5.32 Å². The van der Waals surface area contributed by atoms with Crippen molar-refractivity contribution in [3.05, 3.63) is 22.2 Å². The summed E-state index contributed by atoms with van der Waals surface area (Å²) in [4.78, 5) is 0.354. The van der Waals surface area contributed by atoms with Crippen LogP contribution in [0.3, 0.4) is 0 Å². The van der Waals surface area contributed by atoms with Gasteiger partial charge in [-0.25, -0.2) is 0 Å². The first-order valence-corrected chi connectivity index (χ1v) is 5.94. The first-order chi connectivity index (χ1) is 7.33. The van der Waals surface area contributed by atoms with Crippen molar-refractivity contribution in [1.29, 1.82) is 0 Å². The molecule has 1 nitrogen and oxygen atoms in total. The molecular weight excluding hydrogens is 282 g/mol. The molecule has 0 aliphatic carbocycles. The van der Waals surface area contributed by atoms with Crippen molar-refractivity contribution < 1.29 is 13.2 Å². The Hall–Kier alpha value is -0.260. The van der Waals surface area contributed by atoms with E-state index in [1.54, 1.807) is 7.05 Å². The highest BCUT2D eigenvalue weighted by molar-refractivity contribution is 7.99. The number of benzene rings is 1. The molecule has 0 atom stereocenters. The summed E-state index contributed by atoms with van der Waals surface area (Å²) in [5.41, 5.74) is 0.552. The van der Waals surface area contributed by atoms with E-state index < -0.39 is 11.9 Å². The lowest BCUT2D eigenvalue weighted by Crippen LogP contribution is -2.10. The molecule has 16 heavy (non-hydrogen) atoms. The minimum Gasteiger partial charge on any atom is -0.387 e. The van der Waals surface area contributed by atoms with Crippen LogP contribution < -0.4 is 5.32 Å². The molecule has 1 aromatic carbocycles. The molecule has 0 aromatic heterocycles. The van der Waals surface area contributed by atoms with E-state index in [9.17, 15) is 13.2 Å². The van der Waals surface area contributed by atoms with E-state index in [2.05, 4.69) is 5.32 Å². The maximum absolute atomic E-state index is 12.0. The first kappa shape index (κ1) is 13.8. The van der Waals surface area contributed by atoms with E-state index in [1.807, 2.05) is 0 Å². The second kappa shape index (κ2) is 5.38. The predicted molar refractivity (Wildman–Crippen MR) is 62.8 cm³/mol. The number of halogens is 5. The second-order valence-electron chi connectivity index (χ2n) is 2.92. The summed E-state index contributed by atoms with van der Waals surface area (Å²) < 4.78 is 36.1. The standard InChI is InChI=1S/C9H8Cl2F3NS/c1-15-7-3-8(6(11)2-5(7)10)16-4-9(12,13)14/h2-3,15H,4H2,1H3. The van der Waals surface area contributed by atoms with Gasteiger partial charge in [-0.2, -0.15) is 13.2 Å². The molecule has 0 saturated carbocycles. The fourth-order valence-electron chi connectivity index (χ4n) is 0.991. The molecule has 7 heteroatoms. The summed E-state index contributed by atoms with van der Waals surface area (Å²) >= 11 is 12.2. The Labute approximate surface area is 105 Å². The number of alkyl halides is 3. The van der Waals surface area contributed by atoms with Crippen LogP contribution in [-0.2, 0) is 0 Å². The average Bonchev–Trinajstić information content (AvgIpc) is 2.15.